The fourth-order valence-corrected chi connectivity index (χ4v) is 4.15. The summed E-state index contributed by atoms with van der Waals surface area (Å²) in [7, 11) is 1.78. The van der Waals surface area contributed by atoms with Crippen LogP contribution < -0.4 is 15.5 Å². The zero-order valence-electron chi connectivity index (χ0n) is 15.6. The molecule has 0 radical (unpaired) electrons. The summed E-state index contributed by atoms with van der Waals surface area (Å²) in [5.41, 5.74) is 0. The topological polar surface area (TPSA) is 77.6 Å². The van der Waals surface area contributed by atoms with Crippen molar-refractivity contribution in [1.29, 1.82) is 0 Å². The van der Waals surface area contributed by atoms with Gasteiger partial charge in [0.25, 0.3) is 0 Å². The van der Waals surface area contributed by atoms with Crippen molar-refractivity contribution < 1.29 is 9.59 Å². The van der Waals surface area contributed by atoms with E-state index in [9.17, 15) is 9.59 Å². The molecule has 0 aromatic carbocycles. The van der Waals surface area contributed by atoms with Crippen LogP contribution in [0.3, 0.4) is 0 Å². The molecule has 2 amide bonds. The van der Waals surface area contributed by atoms with Gasteiger partial charge in [-0.15, -0.1) is 36.2 Å². The van der Waals surface area contributed by atoms with Gasteiger partial charge in [0, 0.05) is 31.7 Å². The lowest BCUT2D eigenvalue weighted by atomic mass is 9.98. The van der Waals surface area contributed by atoms with Crippen molar-refractivity contribution in [2.45, 2.75) is 31.7 Å². The van der Waals surface area contributed by atoms with Gasteiger partial charge in [-0.1, -0.05) is 0 Å². The molecular weight excluding hydrogens is 409 g/mol. The second-order valence-electron chi connectivity index (χ2n) is 6.90. The molecule has 2 N–H and O–H groups in total. The van der Waals surface area contributed by atoms with Gasteiger partial charge in [-0.3, -0.25) is 19.4 Å². The quantitative estimate of drug-likeness (QED) is 0.705. The predicted molar refractivity (Wildman–Crippen MR) is 113 cm³/mol. The zero-order chi connectivity index (χ0) is 17.6. The van der Waals surface area contributed by atoms with Crippen LogP contribution in [0.4, 0.5) is 5.13 Å². The molecule has 3 heterocycles. The minimum absolute atomic E-state index is 0. The number of likely N-dealkylation sites (N-methyl/N-ethyl adjacent to an activating group) is 1. The van der Waals surface area contributed by atoms with E-state index in [2.05, 4.69) is 20.5 Å². The van der Waals surface area contributed by atoms with Crippen LogP contribution in [0, 0.1) is 5.92 Å². The highest BCUT2D eigenvalue weighted by molar-refractivity contribution is 7.13. The van der Waals surface area contributed by atoms with Crippen molar-refractivity contribution in [2.24, 2.45) is 5.92 Å². The Morgan fingerprint density at radius 3 is 2.85 bits per heavy atom. The van der Waals surface area contributed by atoms with Gasteiger partial charge in [0.05, 0.1) is 12.6 Å². The third kappa shape index (κ3) is 6.87. The van der Waals surface area contributed by atoms with Gasteiger partial charge in [-0.2, -0.15) is 0 Å². The van der Waals surface area contributed by atoms with Gasteiger partial charge in [0.1, 0.15) is 0 Å². The second-order valence-corrected chi connectivity index (χ2v) is 7.78. The maximum atomic E-state index is 12.4. The van der Waals surface area contributed by atoms with Crippen LogP contribution in [0.25, 0.3) is 0 Å². The number of hydrogen-bond acceptors (Lipinski definition) is 6. The Morgan fingerprint density at radius 2 is 2.19 bits per heavy atom. The van der Waals surface area contributed by atoms with E-state index in [4.69, 9.17) is 0 Å². The van der Waals surface area contributed by atoms with Crippen molar-refractivity contribution in [3.63, 3.8) is 0 Å². The third-order valence-corrected chi connectivity index (χ3v) is 5.83. The minimum atomic E-state index is -0.0202. The summed E-state index contributed by atoms with van der Waals surface area (Å²) in [6, 6.07) is -0.0202. The van der Waals surface area contributed by atoms with Crippen LogP contribution in [0.5, 0.6) is 0 Å². The molecule has 154 valence electrons. The van der Waals surface area contributed by atoms with Crippen LogP contribution in [-0.2, 0) is 9.59 Å². The molecule has 2 saturated heterocycles. The van der Waals surface area contributed by atoms with E-state index in [1.165, 1.54) is 11.3 Å². The predicted octanol–water partition coefficient (Wildman–Crippen LogP) is 1.53. The number of likely N-dealkylation sites (tertiary alicyclic amines) is 1. The lowest BCUT2D eigenvalue weighted by molar-refractivity contribution is -0.123. The minimum Gasteiger partial charge on any atom is -0.354 e. The van der Waals surface area contributed by atoms with E-state index < -0.39 is 0 Å². The lowest BCUT2D eigenvalue weighted by Crippen LogP contribution is -2.47. The third-order valence-electron chi connectivity index (χ3n) is 4.98. The number of nitrogens with one attached hydrogen (secondary N) is 2. The molecule has 7 nitrogen and oxygen atoms in total. The molecule has 2 fully saturated rings. The van der Waals surface area contributed by atoms with Crippen LogP contribution >= 0.6 is 36.2 Å². The first-order valence-corrected chi connectivity index (χ1v) is 9.91. The Morgan fingerprint density at radius 1 is 1.37 bits per heavy atom. The smallest absolute Gasteiger partial charge is 0.242 e. The Hall–Kier alpha value is -0.930. The van der Waals surface area contributed by atoms with E-state index in [0.29, 0.717) is 19.0 Å². The zero-order valence-corrected chi connectivity index (χ0v) is 18.0. The molecule has 10 heteroatoms. The molecule has 2 atom stereocenters. The van der Waals surface area contributed by atoms with Gasteiger partial charge >= 0.3 is 0 Å². The normalized spacial score (nSPS) is 22.4. The molecule has 2 aliphatic heterocycles. The first kappa shape index (κ1) is 24.1. The Bertz CT molecular complexity index is 584. The molecule has 2 unspecified atom stereocenters. The molecule has 2 aliphatic rings. The number of rotatable bonds is 6. The monoisotopic (exact) mass is 437 g/mol. The van der Waals surface area contributed by atoms with Crippen LogP contribution in [0.15, 0.2) is 11.6 Å². The summed E-state index contributed by atoms with van der Waals surface area (Å²) in [5.74, 6) is 0.598. The fourth-order valence-electron chi connectivity index (χ4n) is 3.52. The number of aromatic nitrogens is 1. The molecule has 0 spiro atoms. The van der Waals surface area contributed by atoms with Crippen molar-refractivity contribution in [3.05, 3.63) is 11.6 Å². The number of piperidine rings is 1. The number of carbonyl (C=O) groups excluding carboxylic acids is 2. The standard InChI is InChI=1S/C17H27N5O2S.2ClH/c1-21(17-19-7-9-25-17)15(23)12-22-8-3-4-13(11-22)10-20-16(24)14-5-2-6-18-14;;/h7,9,13-14,18H,2-6,8,10-12H2,1H3,(H,20,24);2*1H. The van der Waals surface area contributed by atoms with Gasteiger partial charge < -0.3 is 10.6 Å². The number of anilines is 1. The highest BCUT2D eigenvalue weighted by Gasteiger charge is 2.26. The average molecular weight is 438 g/mol. The highest BCUT2D eigenvalue weighted by atomic mass is 35.5. The van der Waals surface area contributed by atoms with E-state index in [1.807, 2.05) is 5.38 Å². The second kappa shape index (κ2) is 11.8. The molecule has 0 bridgehead atoms. The van der Waals surface area contributed by atoms with Crippen LogP contribution in [0.2, 0.25) is 0 Å². The number of thiazole rings is 1. The Labute approximate surface area is 177 Å². The molecule has 1 aromatic rings. The van der Waals surface area contributed by atoms with Gasteiger partial charge in [0.2, 0.25) is 11.8 Å². The van der Waals surface area contributed by atoms with Gasteiger partial charge in [-0.25, -0.2) is 4.98 Å². The van der Waals surface area contributed by atoms with E-state index in [-0.39, 0.29) is 42.7 Å². The Kier molecular flexibility index (Phi) is 10.5. The van der Waals surface area contributed by atoms with Gasteiger partial charge in [0.15, 0.2) is 5.13 Å². The van der Waals surface area contributed by atoms with Crippen LogP contribution in [-0.4, -0.2) is 67.5 Å². The molecular formula is C17H29Cl2N5O2S. The summed E-state index contributed by atoms with van der Waals surface area (Å²) in [4.78, 5) is 32.5. The first-order chi connectivity index (χ1) is 12.1. The van der Waals surface area contributed by atoms with Crippen molar-refractivity contribution in [3.8, 4) is 0 Å². The largest absolute Gasteiger partial charge is 0.354 e. The lowest BCUT2D eigenvalue weighted by Gasteiger charge is -2.33. The SMILES string of the molecule is CN(C(=O)CN1CCCC(CNC(=O)C2CCCN2)C1)c1nccs1.Cl.Cl. The van der Waals surface area contributed by atoms with Crippen molar-refractivity contribution in [1.82, 2.24) is 20.5 Å². The number of carbonyl (C=O) groups is 2. The molecule has 1 aromatic heterocycles. The number of halogens is 2. The summed E-state index contributed by atoms with van der Waals surface area (Å²) in [6.45, 7) is 3.83. The summed E-state index contributed by atoms with van der Waals surface area (Å²) < 4.78 is 0. The molecule has 0 aliphatic carbocycles. The van der Waals surface area contributed by atoms with Crippen molar-refractivity contribution >= 4 is 53.1 Å². The maximum absolute atomic E-state index is 12.4. The highest BCUT2D eigenvalue weighted by Crippen LogP contribution is 2.18. The van der Waals surface area contributed by atoms with E-state index in [1.54, 1.807) is 18.1 Å². The van der Waals surface area contributed by atoms with Gasteiger partial charge in [-0.05, 0) is 44.7 Å². The summed E-state index contributed by atoms with van der Waals surface area (Å²) in [5, 5.41) is 8.91. The average Bonchev–Trinajstić information content (AvgIpc) is 3.32. The van der Waals surface area contributed by atoms with E-state index >= 15 is 0 Å². The molecule has 0 saturated carbocycles. The van der Waals surface area contributed by atoms with Crippen LogP contribution in [0.1, 0.15) is 25.7 Å². The van der Waals surface area contributed by atoms with Crippen molar-refractivity contribution in [2.75, 3.05) is 44.7 Å². The summed E-state index contributed by atoms with van der Waals surface area (Å²) >= 11 is 1.47. The number of hydrogen-bond donors (Lipinski definition) is 2. The number of nitrogens with zero attached hydrogens (tertiary/aromatic N) is 3. The molecule has 27 heavy (non-hydrogen) atoms. The Balaban J connectivity index is 0.00000182. The number of amides is 2. The maximum Gasteiger partial charge on any atom is 0.242 e. The summed E-state index contributed by atoms with van der Waals surface area (Å²) in [6.07, 6.45) is 5.88. The molecule has 3 rings (SSSR count). The first-order valence-electron chi connectivity index (χ1n) is 9.03. The fraction of sp³-hybridized carbons (Fsp3) is 0.706. The van der Waals surface area contributed by atoms with E-state index in [0.717, 1.165) is 50.4 Å².